The predicted molar refractivity (Wildman–Crippen MR) is 145 cm³/mol. The molecule has 0 spiro atoms. The smallest absolute Gasteiger partial charge is 0.280 e. The topological polar surface area (TPSA) is 148 Å². The molecule has 5 rings (SSSR count). The van der Waals surface area contributed by atoms with Crippen LogP contribution in [-0.2, 0) is 10.0 Å². The van der Waals surface area contributed by atoms with Gasteiger partial charge in [0.1, 0.15) is 5.69 Å². The molecule has 0 bridgehead atoms. The van der Waals surface area contributed by atoms with Gasteiger partial charge in [0, 0.05) is 18.4 Å². The lowest BCUT2D eigenvalue weighted by Crippen LogP contribution is -2.39. The second kappa shape index (κ2) is 11.7. The molecule has 1 aliphatic carbocycles. The Hall–Kier alpha value is -3.16. The number of aromatic nitrogens is 4. The number of amides is 1. The van der Waals surface area contributed by atoms with E-state index in [9.17, 15) is 13.2 Å². The minimum Gasteiger partial charge on any atom is -0.477 e. The lowest BCUT2D eigenvalue weighted by atomic mass is 9.96. The van der Waals surface area contributed by atoms with E-state index in [4.69, 9.17) is 4.74 Å². The van der Waals surface area contributed by atoms with Gasteiger partial charge in [-0.1, -0.05) is 6.42 Å². The number of nitrogens with one attached hydrogen (secondary N) is 3. The Morgan fingerprint density at radius 3 is 2.84 bits per heavy atom. The SMILES string of the molecule is CCOc1cncc(-c2cnc(C(=O)N[C@H](CC3CCCCN3)c3cc(NS(=O)(=O)C4CC4)ccn3)s2)n1. The summed E-state index contributed by atoms with van der Waals surface area (Å²) < 4.78 is 33.0. The van der Waals surface area contributed by atoms with Gasteiger partial charge in [-0.05, 0) is 57.7 Å². The van der Waals surface area contributed by atoms with Crippen LogP contribution in [0.3, 0.4) is 0 Å². The highest BCUT2D eigenvalue weighted by Crippen LogP contribution is 2.31. The number of piperidine rings is 1. The summed E-state index contributed by atoms with van der Waals surface area (Å²) in [6, 6.07) is 3.12. The van der Waals surface area contributed by atoms with Gasteiger partial charge in [-0.3, -0.25) is 19.5 Å². The van der Waals surface area contributed by atoms with E-state index in [2.05, 4.69) is 35.3 Å². The van der Waals surface area contributed by atoms with Crippen molar-refractivity contribution in [2.45, 2.75) is 62.8 Å². The fraction of sp³-hybridized carbons (Fsp3) is 0.480. The summed E-state index contributed by atoms with van der Waals surface area (Å²) in [5, 5.41) is 6.56. The van der Waals surface area contributed by atoms with Crippen molar-refractivity contribution in [1.82, 2.24) is 30.6 Å². The standard InChI is InChI=1S/C25H31N7O4S2/c1-2-36-23-15-26-13-21(30-23)22-14-29-25(37-22)24(33)31-20(11-16-5-3-4-9-27-16)19-12-17(8-10-28-19)32-38(34,35)18-6-7-18/h8,10,12-16,18,20,27H,2-7,9,11H2,1H3,(H,28,32)(H,31,33)/t16?,20-/m1/s1. The third-order valence-electron chi connectivity index (χ3n) is 6.46. The van der Waals surface area contributed by atoms with Crippen LogP contribution in [0.5, 0.6) is 5.88 Å². The molecule has 3 aromatic heterocycles. The molecule has 13 heteroatoms. The van der Waals surface area contributed by atoms with Crippen molar-refractivity contribution in [3.63, 3.8) is 0 Å². The van der Waals surface area contributed by atoms with Crippen LogP contribution in [0.25, 0.3) is 10.6 Å². The van der Waals surface area contributed by atoms with Gasteiger partial charge in [-0.2, -0.15) is 0 Å². The Bertz CT molecular complexity index is 1370. The van der Waals surface area contributed by atoms with E-state index < -0.39 is 16.1 Å². The van der Waals surface area contributed by atoms with Crippen LogP contribution in [0.4, 0.5) is 5.69 Å². The molecular weight excluding hydrogens is 526 g/mol. The predicted octanol–water partition coefficient (Wildman–Crippen LogP) is 3.30. The molecule has 38 heavy (non-hydrogen) atoms. The number of carbonyl (C=O) groups is 1. The quantitative estimate of drug-likeness (QED) is 0.323. The van der Waals surface area contributed by atoms with Gasteiger partial charge >= 0.3 is 0 Å². The molecule has 1 aliphatic heterocycles. The lowest BCUT2D eigenvalue weighted by molar-refractivity contribution is 0.0929. The number of rotatable bonds is 11. The minimum absolute atomic E-state index is 0.214. The van der Waals surface area contributed by atoms with Crippen LogP contribution in [0.2, 0.25) is 0 Å². The highest BCUT2D eigenvalue weighted by atomic mass is 32.2. The van der Waals surface area contributed by atoms with Crippen molar-refractivity contribution in [1.29, 1.82) is 0 Å². The van der Waals surface area contributed by atoms with Crippen molar-refractivity contribution in [2.75, 3.05) is 17.9 Å². The van der Waals surface area contributed by atoms with Gasteiger partial charge in [0.05, 0.1) is 46.6 Å². The minimum atomic E-state index is -3.41. The first-order valence-corrected chi connectivity index (χ1v) is 15.2. The monoisotopic (exact) mass is 557 g/mol. The lowest BCUT2D eigenvalue weighted by Gasteiger charge is -2.28. The molecule has 2 fully saturated rings. The van der Waals surface area contributed by atoms with Crippen LogP contribution in [0.1, 0.15) is 67.0 Å². The number of hydrogen-bond acceptors (Lipinski definition) is 10. The first kappa shape index (κ1) is 26.4. The molecule has 2 aliphatic rings. The third-order valence-corrected chi connectivity index (χ3v) is 9.34. The van der Waals surface area contributed by atoms with E-state index in [1.54, 1.807) is 30.7 Å². The normalized spacial score (nSPS) is 18.5. The number of hydrogen-bond donors (Lipinski definition) is 3. The van der Waals surface area contributed by atoms with Crippen molar-refractivity contribution >= 4 is 33.0 Å². The number of pyridine rings is 1. The van der Waals surface area contributed by atoms with Crippen molar-refractivity contribution in [3.05, 3.63) is 47.6 Å². The van der Waals surface area contributed by atoms with Crippen LogP contribution < -0.4 is 20.1 Å². The van der Waals surface area contributed by atoms with E-state index in [0.717, 1.165) is 25.8 Å². The van der Waals surface area contributed by atoms with Crippen molar-refractivity contribution in [2.24, 2.45) is 0 Å². The summed E-state index contributed by atoms with van der Waals surface area (Å²) in [4.78, 5) is 31.4. The number of ether oxygens (including phenoxy) is 1. The highest BCUT2D eigenvalue weighted by molar-refractivity contribution is 7.93. The fourth-order valence-corrected chi connectivity index (χ4v) is 6.55. The van der Waals surface area contributed by atoms with Gasteiger partial charge in [0.25, 0.3) is 5.91 Å². The molecule has 4 heterocycles. The third kappa shape index (κ3) is 6.63. The molecule has 0 aromatic carbocycles. The highest BCUT2D eigenvalue weighted by Gasteiger charge is 2.36. The van der Waals surface area contributed by atoms with Gasteiger partial charge in [-0.25, -0.2) is 18.4 Å². The molecule has 202 valence electrons. The molecule has 1 saturated carbocycles. The van der Waals surface area contributed by atoms with Crippen LogP contribution in [-0.4, -0.2) is 58.7 Å². The van der Waals surface area contributed by atoms with E-state index in [-0.39, 0.29) is 22.2 Å². The molecule has 3 aromatic rings. The number of thiazole rings is 1. The van der Waals surface area contributed by atoms with Crippen molar-refractivity contribution in [3.8, 4) is 16.5 Å². The molecular formula is C25H31N7O4S2. The molecule has 1 amide bonds. The Kier molecular flexibility index (Phi) is 8.15. The summed E-state index contributed by atoms with van der Waals surface area (Å²) in [6.07, 6.45) is 11.5. The van der Waals surface area contributed by atoms with Gasteiger partial charge in [-0.15, -0.1) is 11.3 Å². The zero-order valence-corrected chi connectivity index (χ0v) is 22.7. The van der Waals surface area contributed by atoms with E-state index in [1.165, 1.54) is 17.5 Å². The van der Waals surface area contributed by atoms with Crippen molar-refractivity contribution < 1.29 is 17.9 Å². The van der Waals surface area contributed by atoms with Crippen LogP contribution in [0.15, 0.2) is 36.9 Å². The number of carbonyl (C=O) groups excluding carboxylic acids is 1. The maximum Gasteiger partial charge on any atom is 0.280 e. The van der Waals surface area contributed by atoms with E-state index in [0.29, 0.717) is 53.7 Å². The van der Waals surface area contributed by atoms with Crippen LogP contribution >= 0.6 is 11.3 Å². The van der Waals surface area contributed by atoms with E-state index >= 15 is 0 Å². The number of sulfonamides is 1. The van der Waals surface area contributed by atoms with E-state index in [1.807, 2.05) is 6.92 Å². The molecule has 1 saturated heterocycles. The zero-order chi connectivity index (χ0) is 26.5. The number of anilines is 1. The molecule has 1 unspecified atom stereocenters. The second-order valence-corrected chi connectivity index (χ2v) is 12.4. The Balaban J connectivity index is 1.35. The Labute approximate surface area is 225 Å². The average Bonchev–Trinajstić information content (AvgIpc) is 3.67. The van der Waals surface area contributed by atoms with Gasteiger partial charge in [0.2, 0.25) is 15.9 Å². The van der Waals surface area contributed by atoms with Gasteiger partial charge in [0.15, 0.2) is 5.01 Å². The zero-order valence-electron chi connectivity index (χ0n) is 21.1. The summed E-state index contributed by atoms with van der Waals surface area (Å²) in [5.74, 6) is 0.0782. The summed E-state index contributed by atoms with van der Waals surface area (Å²) in [6.45, 7) is 3.27. The maximum atomic E-state index is 13.3. The summed E-state index contributed by atoms with van der Waals surface area (Å²) >= 11 is 1.22. The molecule has 2 atom stereocenters. The first-order chi connectivity index (χ1) is 18.4. The Morgan fingerprint density at radius 2 is 2.08 bits per heavy atom. The Morgan fingerprint density at radius 1 is 1.21 bits per heavy atom. The molecule has 11 nitrogen and oxygen atoms in total. The number of nitrogens with zero attached hydrogens (tertiary/aromatic N) is 4. The summed E-state index contributed by atoms with van der Waals surface area (Å²) in [7, 11) is -3.41. The van der Waals surface area contributed by atoms with Crippen LogP contribution in [0, 0.1) is 0 Å². The molecule has 3 N–H and O–H groups in total. The largest absolute Gasteiger partial charge is 0.477 e. The average molecular weight is 558 g/mol. The summed E-state index contributed by atoms with van der Waals surface area (Å²) in [5.41, 5.74) is 1.61. The fourth-order valence-electron chi connectivity index (χ4n) is 4.39. The molecule has 0 radical (unpaired) electrons. The van der Waals surface area contributed by atoms with Gasteiger partial charge < -0.3 is 15.4 Å². The maximum absolute atomic E-state index is 13.3. The second-order valence-electron chi connectivity index (χ2n) is 9.43. The first-order valence-electron chi connectivity index (χ1n) is 12.8.